The van der Waals surface area contributed by atoms with E-state index in [1.165, 1.54) is 24.3 Å². The van der Waals surface area contributed by atoms with E-state index in [0.717, 1.165) is 20.9 Å². The fraction of sp³-hybridized carbons (Fsp3) is 0.333. The number of carbonyl (C=O) groups is 2. The molecule has 1 aliphatic carbocycles. The zero-order valence-corrected chi connectivity index (χ0v) is 22.6. The lowest BCUT2D eigenvalue weighted by molar-refractivity contribution is -0.141. The van der Waals surface area contributed by atoms with Crippen molar-refractivity contribution in [1.29, 1.82) is 0 Å². The minimum atomic E-state index is -4.83. The number of nitrogens with two attached hydrogens (primary N) is 1. The first kappa shape index (κ1) is 27.5. The van der Waals surface area contributed by atoms with Crippen molar-refractivity contribution < 1.29 is 31.5 Å². The Kier molecular flexibility index (Phi) is 6.92. The molecule has 5 rings (SSSR count). The monoisotopic (exact) mass is 603 g/mol. The molecule has 4 aromatic rings. The van der Waals surface area contributed by atoms with Gasteiger partial charge in [0.25, 0.3) is 12.3 Å². The number of aromatic nitrogens is 3. The van der Waals surface area contributed by atoms with E-state index in [2.05, 4.69) is 15.4 Å². The van der Waals surface area contributed by atoms with E-state index >= 15 is 0 Å². The van der Waals surface area contributed by atoms with Crippen molar-refractivity contribution in [2.24, 2.45) is 5.73 Å². The van der Waals surface area contributed by atoms with Crippen LogP contribution in [0.4, 0.5) is 27.6 Å². The molecule has 0 aliphatic heterocycles. The number of amides is 2. The Labute approximate surface area is 230 Å². The number of fused-ring (bicyclic) bond motifs is 1. The number of thiophene rings is 2. The minimum absolute atomic E-state index is 0.0470. The van der Waals surface area contributed by atoms with Crippen LogP contribution in [0.15, 0.2) is 18.2 Å². The van der Waals surface area contributed by atoms with Crippen LogP contribution in [0.5, 0.6) is 0 Å². The van der Waals surface area contributed by atoms with Crippen molar-refractivity contribution in [3.63, 3.8) is 0 Å². The quantitative estimate of drug-likeness (QED) is 0.216. The Bertz CT molecular complexity index is 1620. The summed E-state index contributed by atoms with van der Waals surface area (Å²) in [6.07, 6.45) is -6.54. The molecule has 4 heterocycles. The van der Waals surface area contributed by atoms with E-state index in [1.807, 2.05) is 6.92 Å². The number of anilines is 1. The van der Waals surface area contributed by atoms with Gasteiger partial charge in [-0.25, -0.2) is 13.8 Å². The second-order valence-electron chi connectivity index (χ2n) is 9.09. The molecular formula is C24H19ClF5N5O2S2. The van der Waals surface area contributed by atoms with E-state index in [0.29, 0.717) is 23.3 Å². The van der Waals surface area contributed by atoms with Crippen molar-refractivity contribution >= 4 is 62.0 Å². The Morgan fingerprint density at radius 2 is 1.92 bits per heavy atom. The second-order valence-corrected chi connectivity index (χ2v) is 11.8. The molecule has 2 amide bonds. The molecule has 7 nitrogen and oxygen atoms in total. The highest BCUT2D eigenvalue weighted by Crippen LogP contribution is 2.48. The van der Waals surface area contributed by atoms with E-state index in [-0.39, 0.29) is 32.4 Å². The van der Waals surface area contributed by atoms with Gasteiger partial charge in [0.1, 0.15) is 21.4 Å². The van der Waals surface area contributed by atoms with Crippen LogP contribution < -0.4 is 11.1 Å². The van der Waals surface area contributed by atoms with Crippen LogP contribution in [0.2, 0.25) is 5.02 Å². The lowest BCUT2D eigenvalue weighted by Gasteiger charge is -2.17. The van der Waals surface area contributed by atoms with Crippen LogP contribution in [0.25, 0.3) is 20.7 Å². The molecule has 1 atom stereocenters. The normalized spacial score (nSPS) is 14.8. The van der Waals surface area contributed by atoms with E-state index in [1.54, 1.807) is 12.1 Å². The van der Waals surface area contributed by atoms with Crippen LogP contribution in [0.1, 0.15) is 69.8 Å². The summed E-state index contributed by atoms with van der Waals surface area (Å²) >= 11 is 8.10. The van der Waals surface area contributed by atoms with Crippen molar-refractivity contribution in [1.82, 2.24) is 14.8 Å². The molecule has 4 aromatic heterocycles. The van der Waals surface area contributed by atoms with Gasteiger partial charge in [0.15, 0.2) is 5.69 Å². The van der Waals surface area contributed by atoms with Crippen LogP contribution >= 0.6 is 34.3 Å². The van der Waals surface area contributed by atoms with Crippen molar-refractivity contribution in [3.8, 4) is 10.4 Å². The maximum atomic E-state index is 13.7. The van der Waals surface area contributed by atoms with Crippen LogP contribution in [0.3, 0.4) is 0 Å². The summed E-state index contributed by atoms with van der Waals surface area (Å²) in [7, 11) is 0. The van der Waals surface area contributed by atoms with E-state index < -0.39 is 46.9 Å². The Morgan fingerprint density at radius 1 is 1.23 bits per heavy atom. The van der Waals surface area contributed by atoms with Gasteiger partial charge < -0.3 is 11.1 Å². The molecular weight excluding hydrogens is 585 g/mol. The first-order valence-corrected chi connectivity index (χ1v) is 13.6. The maximum Gasteiger partial charge on any atom is 0.436 e. The standard InChI is InChI=1S/C24H19ClF5N5O2S2/c1-8-3-6-13(38-8)11-7-12(20(26)27)32-23-14(11)16(18(39-23)21(31)36)33-22(37)9(2)35-17(10-4-5-10)15(25)19(34-35)24(28,29)30/h3,6-7,9-10,20H,4-5H2,1-2H3,(H2,31,36)(H,33,37). The van der Waals surface area contributed by atoms with Crippen LogP contribution in [0, 0.1) is 6.92 Å². The number of pyridine rings is 1. The molecule has 1 saturated carbocycles. The molecule has 0 bridgehead atoms. The van der Waals surface area contributed by atoms with Crippen molar-refractivity contribution in [2.75, 3.05) is 5.32 Å². The fourth-order valence-electron chi connectivity index (χ4n) is 4.26. The third-order valence-corrected chi connectivity index (χ3v) is 8.75. The smallest absolute Gasteiger partial charge is 0.365 e. The van der Waals surface area contributed by atoms with Gasteiger partial charge in [-0.3, -0.25) is 14.3 Å². The summed E-state index contributed by atoms with van der Waals surface area (Å²) < 4.78 is 68.9. The Morgan fingerprint density at radius 3 is 2.46 bits per heavy atom. The number of nitrogens with zero attached hydrogens (tertiary/aromatic N) is 3. The molecule has 0 radical (unpaired) electrons. The average molecular weight is 604 g/mol. The lowest BCUT2D eigenvalue weighted by Crippen LogP contribution is -2.27. The first-order valence-electron chi connectivity index (χ1n) is 11.6. The van der Waals surface area contributed by atoms with Gasteiger partial charge in [0.2, 0.25) is 5.91 Å². The number of hydrogen-bond acceptors (Lipinski definition) is 6. The molecule has 3 N–H and O–H groups in total. The molecule has 1 unspecified atom stereocenters. The summed E-state index contributed by atoms with van der Waals surface area (Å²) in [6.45, 7) is 3.18. The highest BCUT2D eigenvalue weighted by Gasteiger charge is 2.43. The van der Waals surface area contributed by atoms with E-state index in [4.69, 9.17) is 17.3 Å². The van der Waals surface area contributed by atoms with Gasteiger partial charge in [-0.1, -0.05) is 11.6 Å². The summed E-state index contributed by atoms with van der Waals surface area (Å²) in [6, 6.07) is 3.41. The number of nitrogens with one attached hydrogen (secondary N) is 1. The molecule has 39 heavy (non-hydrogen) atoms. The number of rotatable bonds is 7. The predicted molar refractivity (Wildman–Crippen MR) is 139 cm³/mol. The molecule has 1 fully saturated rings. The lowest BCUT2D eigenvalue weighted by atomic mass is 10.1. The third kappa shape index (κ3) is 5.00. The van der Waals surface area contributed by atoms with E-state index in [9.17, 15) is 31.5 Å². The number of alkyl halides is 5. The maximum absolute atomic E-state index is 13.7. The van der Waals surface area contributed by atoms with Crippen molar-refractivity contribution in [3.05, 3.63) is 50.1 Å². The van der Waals surface area contributed by atoms with Gasteiger partial charge in [0, 0.05) is 26.6 Å². The minimum Gasteiger partial charge on any atom is -0.365 e. The predicted octanol–water partition coefficient (Wildman–Crippen LogP) is 7.32. The zero-order valence-electron chi connectivity index (χ0n) is 20.2. The first-order chi connectivity index (χ1) is 18.3. The molecule has 0 aromatic carbocycles. The molecule has 0 saturated heterocycles. The number of hydrogen-bond donors (Lipinski definition) is 2. The SMILES string of the molecule is Cc1ccc(-c2cc(C(F)F)nc3sc(C(N)=O)c(NC(=O)C(C)n4nc(C(F)(F)F)c(Cl)c4C4CC4)c23)s1. The molecule has 1 aliphatic rings. The highest BCUT2D eigenvalue weighted by molar-refractivity contribution is 7.21. The molecule has 15 heteroatoms. The fourth-order valence-corrected chi connectivity index (χ4v) is 6.55. The summed E-state index contributed by atoms with van der Waals surface area (Å²) in [5.74, 6) is -2.02. The molecule has 0 spiro atoms. The van der Waals surface area contributed by atoms with Crippen LogP contribution in [-0.2, 0) is 11.0 Å². The highest BCUT2D eigenvalue weighted by atomic mass is 35.5. The van der Waals surface area contributed by atoms with Crippen molar-refractivity contribution in [2.45, 2.75) is 51.3 Å². The topological polar surface area (TPSA) is 103 Å². The van der Waals surface area contributed by atoms with Gasteiger partial charge in [-0.2, -0.15) is 18.3 Å². The van der Waals surface area contributed by atoms with Gasteiger partial charge in [0.05, 0.1) is 16.4 Å². The summed E-state index contributed by atoms with van der Waals surface area (Å²) in [5, 5.41) is 5.89. The summed E-state index contributed by atoms with van der Waals surface area (Å²) in [4.78, 5) is 31.1. The summed E-state index contributed by atoms with van der Waals surface area (Å²) in [5.41, 5.74) is 4.11. The van der Waals surface area contributed by atoms with Crippen LogP contribution in [-0.4, -0.2) is 26.6 Å². The Hall–Kier alpha value is -3.10. The van der Waals surface area contributed by atoms with Gasteiger partial charge in [-0.15, -0.1) is 22.7 Å². The third-order valence-electron chi connectivity index (χ3n) is 6.25. The average Bonchev–Trinajstić information content (AvgIpc) is 3.32. The molecule has 206 valence electrons. The zero-order chi connectivity index (χ0) is 28.4. The second kappa shape index (κ2) is 9.82. The largest absolute Gasteiger partial charge is 0.436 e. The Balaban J connectivity index is 1.63. The number of halogens is 6. The number of carbonyl (C=O) groups excluding carboxylic acids is 2. The number of aryl methyl sites for hydroxylation is 1. The van der Waals surface area contributed by atoms with Gasteiger partial charge >= 0.3 is 6.18 Å². The number of primary amides is 1. The van der Waals surface area contributed by atoms with Gasteiger partial charge in [-0.05, 0) is 44.9 Å².